The molecule has 27 heavy (non-hydrogen) atoms. The van der Waals surface area contributed by atoms with Crippen molar-refractivity contribution in [3.05, 3.63) is 47.3 Å². The molecule has 0 saturated carbocycles. The Balaban J connectivity index is 2.09. The Morgan fingerprint density at radius 3 is 2.59 bits per heavy atom. The number of carboxylic acid groups (broad SMARTS) is 2. The van der Waals surface area contributed by atoms with Crippen LogP contribution in [0, 0.1) is 5.82 Å². The molecule has 0 spiro atoms. The molecule has 0 bridgehead atoms. The van der Waals surface area contributed by atoms with Crippen LogP contribution in [0.5, 0.6) is 11.5 Å². The topological polar surface area (TPSA) is 96.3 Å². The van der Waals surface area contributed by atoms with Crippen molar-refractivity contribution in [2.75, 3.05) is 20.3 Å². The summed E-state index contributed by atoms with van der Waals surface area (Å²) in [5, 5.41) is 18.1. The average molecular weight is 375 g/mol. The van der Waals surface area contributed by atoms with E-state index in [0.717, 1.165) is 0 Å². The van der Waals surface area contributed by atoms with E-state index in [4.69, 9.17) is 14.6 Å². The number of hydrogen-bond acceptors (Lipinski definition) is 4. The Bertz CT molecular complexity index is 898. The third-order valence-electron chi connectivity index (χ3n) is 4.45. The van der Waals surface area contributed by atoms with Gasteiger partial charge in [-0.05, 0) is 47.4 Å². The summed E-state index contributed by atoms with van der Waals surface area (Å²) in [6, 6.07) is 7.72. The number of carboxylic acids is 1. The van der Waals surface area contributed by atoms with Crippen molar-refractivity contribution >= 4 is 12.1 Å². The number of fused-ring (bicyclic) bond motifs is 1. The molecule has 1 amide bonds. The molecule has 0 radical (unpaired) electrons. The second kappa shape index (κ2) is 7.53. The lowest BCUT2D eigenvalue weighted by atomic mass is 9.90. The molecule has 0 saturated heterocycles. The Hall–Kier alpha value is -3.29. The van der Waals surface area contributed by atoms with Crippen LogP contribution in [0.15, 0.2) is 30.3 Å². The number of halogens is 1. The smallest absolute Gasteiger partial charge is 0.407 e. The summed E-state index contributed by atoms with van der Waals surface area (Å²) in [5.74, 6) is -0.684. The number of carbonyl (C=O) groups is 2. The second-order valence-electron chi connectivity index (χ2n) is 6.05. The van der Waals surface area contributed by atoms with Gasteiger partial charge in [0.25, 0.3) is 0 Å². The molecule has 1 aliphatic heterocycles. The lowest BCUT2D eigenvalue weighted by molar-refractivity contribution is -0.139. The van der Waals surface area contributed by atoms with E-state index in [1.54, 1.807) is 24.3 Å². The van der Waals surface area contributed by atoms with E-state index in [1.165, 1.54) is 18.1 Å². The predicted molar refractivity (Wildman–Crippen MR) is 93.7 cm³/mol. The van der Waals surface area contributed by atoms with Crippen LogP contribution < -0.4 is 9.47 Å². The van der Waals surface area contributed by atoms with Gasteiger partial charge in [0.2, 0.25) is 0 Å². The molecular formula is C19H18FNO6. The number of nitrogens with zero attached hydrogens (tertiary/aromatic N) is 1. The minimum absolute atomic E-state index is 0.0567. The molecule has 2 N–H and O–H groups in total. The fourth-order valence-corrected chi connectivity index (χ4v) is 3.18. The molecule has 3 rings (SSSR count). The van der Waals surface area contributed by atoms with Gasteiger partial charge in [0, 0.05) is 18.7 Å². The maximum absolute atomic E-state index is 14.3. The van der Waals surface area contributed by atoms with Crippen LogP contribution in [0.3, 0.4) is 0 Å². The second-order valence-corrected chi connectivity index (χ2v) is 6.05. The van der Waals surface area contributed by atoms with Crippen molar-refractivity contribution in [2.45, 2.75) is 13.0 Å². The Kier molecular flexibility index (Phi) is 5.16. The van der Waals surface area contributed by atoms with E-state index >= 15 is 0 Å². The van der Waals surface area contributed by atoms with Gasteiger partial charge in [-0.25, -0.2) is 14.0 Å². The zero-order valence-corrected chi connectivity index (χ0v) is 14.6. The number of benzene rings is 2. The first kappa shape index (κ1) is 18.5. The van der Waals surface area contributed by atoms with Crippen molar-refractivity contribution in [2.24, 2.45) is 0 Å². The first-order valence-electron chi connectivity index (χ1n) is 8.22. The summed E-state index contributed by atoms with van der Waals surface area (Å²) in [4.78, 5) is 23.3. The predicted octanol–water partition coefficient (Wildman–Crippen LogP) is 3.00. The SMILES string of the molecule is COc1ccc(OCC(=O)O)cc1-c1ccc(F)c2c1CN(C(=O)O)CC2. The molecule has 142 valence electrons. The summed E-state index contributed by atoms with van der Waals surface area (Å²) in [6.45, 7) is -0.219. The molecule has 2 aromatic rings. The van der Waals surface area contributed by atoms with E-state index in [9.17, 15) is 19.1 Å². The monoisotopic (exact) mass is 375 g/mol. The highest BCUT2D eigenvalue weighted by molar-refractivity contribution is 5.77. The van der Waals surface area contributed by atoms with Crippen LogP contribution in [-0.4, -0.2) is 47.4 Å². The number of aliphatic carboxylic acids is 1. The third-order valence-corrected chi connectivity index (χ3v) is 4.45. The van der Waals surface area contributed by atoms with Gasteiger partial charge in [-0.15, -0.1) is 0 Å². The molecule has 8 heteroatoms. The average Bonchev–Trinajstić information content (AvgIpc) is 2.66. The summed E-state index contributed by atoms with van der Waals surface area (Å²) >= 11 is 0. The van der Waals surface area contributed by atoms with Gasteiger partial charge in [-0.3, -0.25) is 0 Å². The lowest BCUT2D eigenvalue weighted by Crippen LogP contribution is -2.35. The molecule has 1 heterocycles. The van der Waals surface area contributed by atoms with Gasteiger partial charge < -0.3 is 24.6 Å². The molecule has 7 nitrogen and oxygen atoms in total. The number of ether oxygens (including phenoxy) is 2. The number of hydrogen-bond donors (Lipinski definition) is 2. The number of rotatable bonds is 5. The highest BCUT2D eigenvalue weighted by Crippen LogP contribution is 2.39. The number of methoxy groups -OCH3 is 1. The van der Waals surface area contributed by atoms with Gasteiger partial charge >= 0.3 is 12.1 Å². The van der Waals surface area contributed by atoms with E-state index in [-0.39, 0.29) is 25.3 Å². The molecule has 0 aliphatic carbocycles. The highest BCUT2D eigenvalue weighted by Gasteiger charge is 2.26. The fourth-order valence-electron chi connectivity index (χ4n) is 3.18. The summed E-state index contributed by atoms with van der Waals surface area (Å²) < 4.78 is 24.9. The van der Waals surface area contributed by atoms with Crippen LogP contribution in [0.25, 0.3) is 11.1 Å². The molecule has 0 atom stereocenters. The molecule has 2 aromatic carbocycles. The van der Waals surface area contributed by atoms with Crippen LogP contribution >= 0.6 is 0 Å². The zero-order valence-electron chi connectivity index (χ0n) is 14.6. The molecule has 0 unspecified atom stereocenters. The summed E-state index contributed by atoms with van der Waals surface area (Å²) in [7, 11) is 1.48. The minimum atomic E-state index is -1.11. The standard InChI is InChI=1S/C19H18FNO6/c1-26-17-5-2-11(27-10-18(22)23)8-14(17)12-3-4-16(20)13-6-7-21(19(24)25)9-15(12)13/h2-5,8H,6-7,9-10H2,1H3,(H,22,23)(H,24,25). The Morgan fingerprint density at radius 1 is 1.15 bits per heavy atom. The summed E-state index contributed by atoms with van der Waals surface area (Å²) in [5.41, 5.74) is 2.24. The molecular weight excluding hydrogens is 357 g/mol. The normalized spacial score (nSPS) is 13.0. The van der Waals surface area contributed by atoms with Crippen molar-refractivity contribution in [1.29, 1.82) is 0 Å². The largest absolute Gasteiger partial charge is 0.496 e. The van der Waals surface area contributed by atoms with E-state index in [0.29, 0.717) is 33.8 Å². The minimum Gasteiger partial charge on any atom is -0.496 e. The van der Waals surface area contributed by atoms with Crippen LogP contribution in [0.2, 0.25) is 0 Å². The Morgan fingerprint density at radius 2 is 1.93 bits per heavy atom. The first-order chi connectivity index (χ1) is 12.9. The van der Waals surface area contributed by atoms with Gasteiger partial charge in [0.05, 0.1) is 7.11 Å². The zero-order chi connectivity index (χ0) is 19.6. The first-order valence-corrected chi connectivity index (χ1v) is 8.22. The van der Waals surface area contributed by atoms with Crippen molar-refractivity contribution in [3.8, 4) is 22.6 Å². The van der Waals surface area contributed by atoms with Crippen LogP contribution in [0.1, 0.15) is 11.1 Å². The van der Waals surface area contributed by atoms with Gasteiger partial charge in [0.1, 0.15) is 17.3 Å². The number of amides is 1. The van der Waals surface area contributed by atoms with Gasteiger partial charge in [-0.1, -0.05) is 6.07 Å². The van der Waals surface area contributed by atoms with Crippen LogP contribution in [-0.2, 0) is 17.8 Å². The van der Waals surface area contributed by atoms with Crippen molar-refractivity contribution in [3.63, 3.8) is 0 Å². The maximum atomic E-state index is 14.3. The quantitative estimate of drug-likeness (QED) is 0.834. The van der Waals surface area contributed by atoms with E-state index in [1.807, 2.05) is 0 Å². The molecule has 0 aromatic heterocycles. The van der Waals surface area contributed by atoms with Crippen LogP contribution in [0.4, 0.5) is 9.18 Å². The highest BCUT2D eigenvalue weighted by atomic mass is 19.1. The third kappa shape index (κ3) is 3.79. The van der Waals surface area contributed by atoms with Gasteiger partial charge in [0.15, 0.2) is 6.61 Å². The van der Waals surface area contributed by atoms with Gasteiger partial charge in [-0.2, -0.15) is 0 Å². The van der Waals surface area contributed by atoms with E-state index < -0.39 is 18.7 Å². The lowest BCUT2D eigenvalue weighted by Gasteiger charge is -2.29. The van der Waals surface area contributed by atoms with E-state index in [2.05, 4.69) is 0 Å². The Labute approximate surface area is 154 Å². The van der Waals surface area contributed by atoms with Crippen molar-refractivity contribution < 1.29 is 33.7 Å². The maximum Gasteiger partial charge on any atom is 0.407 e. The molecule has 0 fully saturated rings. The fraction of sp³-hybridized carbons (Fsp3) is 0.263. The van der Waals surface area contributed by atoms with Crippen molar-refractivity contribution in [1.82, 2.24) is 4.90 Å². The molecule has 1 aliphatic rings. The summed E-state index contributed by atoms with van der Waals surface area (Å²) in [6.07, 6.45) is -0.792.